The van der Waals surface area contributed by atoms with Gasteiger partial charge in [0, 0.05) is 36.5 Å². The predicted molar refractivity (Wildman–Crippen MR) is 91.7 cm³/mol. The molecule has 1 aromatic heterocycles. The molecule has 2 heterocycles. The van der Waals surface area contributed by atoms with Crippen LogP contribution in [-0.2, 0) is 11.3 Å². The molecule has 1 aromatic carbocycles. The van der Waals surface area contributed by atoms with E-state index in [2.05, 4.69) is 15.3 Å². The molecule has 1 amide bonds. The molecule has 0 radical (unpaired) electrons. The highest BCUT2D eigenvalue weighted by Gasteiger charge is 2.23. The van der Waals surface area contributed by atoms with Crippen LogP contribution in [0, 0.1) is 12.8 Å². The summed E-state index contributed by atoms with van der Waals surface area (Å²) in [6.45, 7) is 4.93. The normalized spacial score (nSPS) is 17.5. The van der Waals surface area contributed by atoms with Crippen molar-refractivity contribution in [2.24, 2.45) is 5.92 Å². The summed E-state index contributed by atoms with van der Waals surface area (Å²) >= 11 is 5.93. The topological polar surface area (TPSA) is 50.2 Å². The first-order valence-electron chi connectivity index (χ1n) is 7.86. The maximum Gasteiger partial charge on any atom is 0.241 e. The second-order valence-electron chi connectivity index (χ2n) is 6.10. The van der Waals surface area contributed by atoms with Crippen molar-refractivity contribution in [3.8, 4) is 0 Å². The summed E-state index contributed by atoms with van der Waals surface area (Å²) in [6, 6.07) is 7.92. The van der Waals surface area contributed by atoms with Gasteiger partial charge in [0.25, 0.3) is 0 Å². The zero-order valence-corrected chi connectivity index (χ0v) is 14.0. The Morgan fingerprint density at radius 1 is 1.39 bits per heavy atom. The van der Waals surface area contributed by atoms with Crippen LogP contribution in [0.4, 0.5) is 5.69 Å². The third-order valence-electron chi connectivity index (χ3n) is 4.13. The molecule has 1 unspecified atom stereocenters. The minimum Gasteiger partial charge on any atom is -0.371 e. The number of hydrogen-bond donors (Lipinski definition) is 1. The van der Waals surface area contributed by atoms with Crippen LogP contribution in [0.1, 0.15) is 12.0 Å². The van der Waals surface area contributed by atoms with Gasteiger partial charge in [-0.3, -0.25) is 9.48 Å². The molecule has 1 aliphatic heterocycles. The van der Waals surface area contributed by atoms with Crippen LogP contribution >= 0.6 is 11.6 Å². The number of nitrogens with one attached hydrogen (secondary N) is 1. The summed E-state index contributed by atoms with van der Waals surface area (Å²) in [5.41, 5.74) is 2.25. The molecule has 1 aliphatic rings. The van der Waals surface area contributed by atoms with Crippen molar-refractivity contribution in [2.75, 3.05) is 24.5 Å². The summed E-state index contributed by atoms with van der Waals surface area (Å²) in [7, 11) is 0. The quantitative estimate of drug-likeness (QED) is 0.915. The van der Waals surface area contributed by atoms with E-state index >= 15 is 0 Å². The number of carbonyl (C=O) groups is 1. The van der Waals surface area contributed by atoms with E-state index in [4.69, 9.17) is 11.6 Å². The fraction of sp³-hybridized carbons (Fsp3) is 0.412. The molecule has 5 nitrogen and oxygen atoms in total. The van der Waals surface area contributed by atoms with Crippen molar-refractivity contribution < 1.29 is 4.79 Å². The van der Waals surface area contributed by atoms with Gasteiger partial charge in [-0.25, -0.2) is 0 Å². The first-order chi connectivity index (χ1) is 11.1. The van der Waals surface area contributed by atoms with E-state index in [0.717, 1.165) is 30.1 Å². The predicted octanol–water partition coefficient (Wildman–Crippen LogP) is 2.49. The Kier molecular flexibility index (Phi) is 4.86. The lowest BCUT2D eigenvalue weighted by Crippen LogP contribution is -2.33. The Morgan fingerprint density at radius 3 is 2.87 bits per heavy atom. The molecule has 1 fully saturated rings. The van der Waals surface area contributed by atoms with Crippen LogP contribution in [-0.4, -0.2) is 35.3 Å². The van der Waals surface area contributed by atoms with Crippen LogP contribution < -0.4 is 10.2 Å². The molecular formula is C17H21ClN4O. The van der Waals surface area contributed by atoms with Gasteiger partial charge in [0.05, 0.1) is 6.20 Å². The van der Waals surface area contributed by atoms with Gasteiger partial charge in [0.2, 0.25) is 5.91 Å². The molecule has 0 spiro atoms. The molecule has 0 bridgehead atoms. The van der Waals surface area contributed by atoms with Crippen LogP contribution in [0.25, 0.3) is 0 Å². The van der Waals surface area contributed by atoms with Crippen molar-refractivity contribution >= 4 is 23.2 Å². The average molecular weight is 333 g/mol. The van der Waals surface area contributed by atoms with Crippen LogP contribution in [0.2, 0.25) is 5.02 Å². The molecule has 0 aliphatic carbocycles. The van der Waals surface area contributed by atoms with Crippen molar-refractivity contribution in [2.45, 2.75) is 19.9 Å². The number of aromatic nitrogens is 2. The Labute approximate surface area is 141 Å². The first kappa shape index (κ1) is 15.9. The lowest BCUT2D eigenvalue weighted by Gasteiger charge is -2.19. The van der Waals surface area contributed by atoms with Crippen molar-refractivity contribution in [3.05, 3.63) is 47.2 Å². The zero-order valence-electron chi connectivity index (χ0n) is 13.2. The summed E-state index contributed by atoms with van der Waals surface area (Å²) in [6.07, 6.45) is 4.72. The largest absolute Gasteiger partial charge is 0.371 e. The van der Waals surface area contributed by atoms with E-state index in [1.54, 1.807) is 10.9 Å². The Bertz CT molecular complexity index is 667. The first-order valence-corrected chi connectivity index (χ1v) is 8.24. The number of anilines is 1. The number of hydrogen-bond acceptors (Lipinski definition) is 3. The lowest BCUT2D eigenvalue weighted by molar-refractivity contribution is -0.122. The van der Waals surface area contributed by atoms with Gasteiger partial charge < -0.3 is 10.2 Å². The van der Waals surface area contributed by atoms with E-state index in [0.29, 0.717) is 12.5 Å². The number of rotatable bonds is 5. The molecule has 23 heavy (non-hydrogen) atoms. The smallest absolute Gasteiger partial charge is 0.241 e. The fourth-order valence-electron chi connectivity index (χ4n) is 2.90. The number of halogens is 1. The van der Waals surface area contributed by atoms with Crippen molar-refractivity contribution in [3.63, 3.8) is 0 Å². The summed E-state index contributed by atoms with van der Waals surface area (Å²) in [4.78, 5) is 14.3. The molecule has 2 aromatic rings. The third kappa shape index (κ3) is 4.26. The Morgan fingerprint density at radius 2 is 2.17 bits per heavy atom. The summed E-state index contributed by atoms with van der Waals surface area (Å²) in [5, 5.41) is 7.90. The molecule has 3 rings (SSSR count). The molecule has 6 heteroatoms. The fourth-order valence-corrected chi connectivity index (χ4v) is 3.03. The second-order valence-corrected chi connectivity index (χ2v) is 6.53. The maximum atomic E-state index is 12.0. The third-order valence-corrected chi connectivity index (χ3v) is 4.39. The lowest BCUT2D eigenvalue weighted by atomic mass is 10.1. The van der Waals surface area contributed by atoms with Gasteiger partial charge in [-0.05, 0) is 49.1 Å². The molecule has 1 N–H and O–H groups in total. The van der Waals surface area contributed by atoms with Crippen LogP contribution in [0.5, 0.6) is 0 Å². The van der Waals surface area contributed by atoms with Gasteiger partial charge in [-0.2, -0.15) is 5.10 Å². The molecule has 1 saturated heterocycles. The number of carbonyl (C=O) groups excluding carboxylic acids is 1. The van der Waals surface area contributed by atoms with Gasteiger partial charge in [-0.15, -0.1) is 0 Å². The average Bonchev–Trinajstić information content (AvgIpc) is 3.15. The Hall–Kier alpha value is -2.01. The summed E-state index contributed by atoms with van der Waals surface area (Å²) in [5.74, 6) is 0.493. The number of amides is 1. The maximum absolute atomic E-state index is 12.0. The molecular weight excluding hydrogens is 312 g/mol. The monoisotopic (exact) mass is 332 g/mol. The highest BCUT2D eigenvalue weighted by Crippen LogP contribution is 2.24. The van der Waals surface area contributed by atoms with Crippen molar-refractivity contribution in [1.82, 2.24) is 15.1 Å². The number of aryl methyl sites for hydroxylation is 1. The SMILES string of the molecule is Cc1cnn(CC(=O)NCC2CCN(c3ccc(Cl)cc3)C2)c1. The standard InChI is InChI=1S/C17H21ClN4O/c1-13-8-20-22(10-13)12-17(23)19-9-14-6-7-21(11-14)16-4-2-15(18)3-5-16/h2-5,8,10,14H,6-7,9,11-12H2,1H3,(H,19,23). The summed E-state index contributed by atoms with van der Waals surface area (Å²) < 4.78 is 1.67. The van der Waals surface area contributed by atoms with E-state index in [1.807, 2.05) is 37.4 Å². The number of nitrogens with zero attached hydrogens (tertiary/aromatic N) is 3. The Balaban J connectivity index is 1.44. The minimum atomic E-state index is 0.0121. The minimum absolute atomic E-state index is 0.0121. The molecule has 122 valence electrons. The van der Waals surface area contributed by atoms with E-state index in [9.17, 15) is 4.79 Å². The number of benzene rings is 1. The van der Waals surface area contributed by atoms with Gasteiger partial charge >= 0.3 is 0 Å². The zero-order chi connectivity index (χ0) is 16.2. The van der Waals surface area contributed by atoms with Crippen LogP contribution in [0.3, 0.4) is 0 Å². The van der Waals surface area contributed by atoms with Gasteiger partial charge in [0.15, 0.2) is 0 Å². The molecule has 1 atom stereocenters. The van der Waals surface area contributed by atoms with Gasteiger partial charge in [-0.1, -0.05) is 11.6 Å². The van der Waals surface area contributed by atoms with Crippen LogP contribution in [0.15, 0.2) is 36.7 Å². The second kappa shape index (κ2) is 7.04. The highest BCUT2D eigenvalue weighted by molar-refractivity contribution is 6.30. The van der Waals surface area contributed by atoms with E-state index in [-0.39, 0.29) is 12.5 Å². The van der Waals surface area contributed by atoms with E-state index < -0.39 is 0 Å². The van der Waals surface area contributed by atoms with E-state index in [1.165, 1.54) is 5.69 Å². The molecule has 0 saturated carbocycles. The highest BCUT2D eigenvalue weighted by atomic mass is 35.5. The van der Waals surface area contributed by atoms with Crippen molar-refractivity contribution in [1.29, 1.82) is 0 Å². The van der Waals surface area contributed by atoms with Gasteiger partial charge in [0.1, 0.15) is 6.54 Å².